The molecule has 1 aliphatic heterocycles. The molecule has 0 spiro atoms. The lowest BCUT2D eigenvalue weighted by Gasteiger charge is -2.28. The number of benzene rings is 2. The number of carbonyl (C=O) groups excluding carboxylic acids is 2. The molecule has 0 bridgehead atoms. The number of ether oxygens (including phenoxy) is 3. The summed E-state index contributed by atoms with van der Waals surface area (Å²) < 4.78 is 15.8. The summed E-state index contributed by atoms with van der Waals surface area (Å²) in [6, 6.07) is 10.3. The lowest BCUT2D eigenvalue weighted by molar-refractivity contribution is -0.155. The number of anilines is 2. The maximum absolute atomic E-state index is 12.3. The van der Waals surface area contributed by atoms with Crippen LogP contribution in [-0.4, -0.2) is 50.9 Å². The van der Waals surface area contributed by atoms with E-state index >= 15 is 0 Å². The summed E-state index contributed by atoms with van der Waals surface area (Å²) in [7, 11) is 0. The Kier molecular flexibility index (Phi) is 8.26. The molecule has 2 aromatic rings. The van der Waals surface area contributed by atoms with Gasteiger partial charge in [-0.2, -0.15) is 0 Å². The number of esters is 1. The molecule has 7 nitrogen and oxygen atoms in total. The van der Waals surface area contributed by atoms with E-state index in [1.165, 1.54) is 19.1 Å². The lowest BCUT2D eigenvalue weighted by atomic mass is 10.2. The third-order valence-electron chi connectivity index (χ3n) is 4.51. The van der Waals surface area contributed by atoms with Gasteiger partial charge in [0.05, 0.1) is 28.3 Å². The lowest BCUT2D eigenvalue weighted by Crippen LogP contribution is -2.36. The van der Waals surface area contributed by atoms with Crippen molar-refractivity contribution in [3.63, 3.8) is 0 Å². The van der Waals surface area contributed by atoms with E-state index in [2.05, 4.69) is 10.2 Å². The number of hydrogen-bond acceptors (Lipinski definition) is 6. The molecule has 1 atom stereocenters. The van der Waals surface area contributed by atoms with Crippen molar-refractivity contribution in [1.29, 1.82) is 0 Å². The molecule has 31 heavy (non-hydrogen) atoms. The van der Waals surface area contributed by atoms with Crippen LogP contribution in [0.25, 0.3) is 0 Å². The SMILES string of the molecule is CC(OC(=O)COc1cc(Cl)c(Cl)cc1Cl)C(=O)Nc1ccc(N2CCOCC2)cc1. The molecular weight excluding hydrogens is 467 g/mol. The fourth-order valence-electron chi connectivity index (χ4n) is 2.86. The Morgan fingerprint density at radius 1 is 1.06 bits per heavy atom. The minimum atomic E-state index is -1.01. The zero-order valence-electron chi connectivity index (χ0n) is 16.7. The molecule has 1 saturated heterocycles. The predicted octanol–water partition coefficient (Wildman–Crippen LogP) is 4.43. The van der Waals surface area contributed by atoms with Gasteiger partial charge in [-0.1, -0.05) is 34.8 Å². The molecule has 10 heteroatoms. The maximum atomic E-state index is 12.3. The van der Waals surface area contributed by atoms with E-state index in [9.17, 15) is 9.59 Å². The fraction of sp³-hybridized carbons (Fsp3) is 0.333. The highest BCUT2D eigenvalue weighted by molar-refractivity contribution is 6.43. The Morgan fingerprint density at radius 3 is 2.39 bits per heavy atom. The summed E-state index contributed by atoms with van der Waals surface area (Å²) >= 11 is 17.8. The van der Waals surface area contributed by atoms with E-state index in [-0.39, 0.29) is 20.8 Å². The largest absolute Gasteiger partial charge is 0.480 e. The molecule has 1 aliphatic rings. The first-order valence-corrected chi connectivity index (χ1v) is 10.7. The Balaban J connectivity index is 1.47. The maximum Gasteiger partial charge on any atom is 0.344 e. The van der Waals surface area contributed by atoms with Gasteiger partial charge in [0.2, 0.25) is 0 Å². The van der Waals surface area contributed by atoms with Crippen LogP contribution in [0, 0.1) is 0 Å². The van der Waals surface area contributed by atoms with Crippen molar-refractivity contribution in [2.75, 3.05) is 43.1 Å². The van der Waals surface area contributed by atoms with Crippen LogP contribution in [0.3, 0.4) is 0 Å². The van der Waals surface area contributed by atoms with Gasteiger partial charge in [-0.25, -0.2) is 4.79 Å². The highest BCUT2D eigenvalue weighted by Gasteiger charge is 2.19. The molecule has 3 rings (SSSR count). The molecule has 1 unspecified atom stereocenters. The van der Waals surface area contributed by atoms with Gasteiger partial charge in [-0.05, 0) is 37.3 Å². The van der Waals surface area contributed by atoms with Gasteiger partial charge < -0.3 is 24.4 Å². The quantitative estimate of drug-likeness (QED) is 0.460. The molecule has 166 valence electrons. The highest BCUT2D eigenvalue weighted by atomic mass is 35.5. The first kappa shape index (κ1) is 23.5. The molecule has 0 radical (unpaired) electrons. The van der Waals surface area contributed by atoms with Crippen LogP contribution in [0.4, 0.5) is 11.4 Å². The zero-order valence-corrected chi connectivity index (χ0v) is 19.0. The summed E-state index contributed by atoms with van der Waals surface area (Å²) in [5.74, 6) is -1.00. The Morgan fingerprint density at radius 2 is 1.71 bits per heavy atom. The minimum Gasteiger partial charge on any atom is -0.480 e. The Labute approximate surface area is 195 Å². The number of amides is 1. The average molecular weight is 488 g/mol. The molecule has 1 fully saturated rings. The summed E-state index contributed by atoms with van der Waals surface area (Å²) in [6.07, 6.45) is -1.01. The van der Waals surface area contributed by atoms with Crippen LogP contribution in [0.15, 0.2) is 36.4 Å². The van der Waals surface area contributed by atoms with Crippen molar-refractivity contribution >= 4 is 58.1 Å². The van der Waals surface area contributed by atoms with E-state index in [1.54, 1.807) is 12.1 Å². The topological polar surface area (TPSA) is 77.1 Å². The van der Waals surface area contributed by atoms with E-state index in [1.807, 2.05) is 12.1 Å². The van der Waals surface area contributed by atoms with Crippen LogP contribution in [0.2, 0.25) is 15.1 Å². The van der Waals surface area contributed by atoms with Crippen LogP contribution in [0.1, 0.15) is 6.92 Å². The van der Waals surface area contributed by atoms with Gasteiger partial charge in [0.25, 0.3) is 5.91 Å². The predicted molar refractivity (Wildman–Crippen MR) is 121 cm³/mol. The van der Waals surface area contributed by atoms with Gasteiger partial charge in [0.15, 0.2) is 12.7 Å². The Hall–Kier alpha value is -2.19. The molecule has 0 aliphatic carbocycles. The molecule has 0 aromatic heterocycles. The van der Waals surface area contributed by atoms with Gasteiger partial charge in [0.1, 0.15) is 5.75 Å². The molecule has 1 heterocycles. The molecular formula is C21H21Cl3N2O5. The van der Waals surface area contributed by atoms with Crippen LogP contribution in [-0.2, 0) is 19.1 Å². The number of carbonyl (C=O) groups is 2. The van der Waals surface area contributed by atoms with Crippen molar-refractivity contribution in [3.8, 4) is 5.75 Å². The second-order valence-corrected chi connectivity index (χ2v) is 7.97. The zero-order chi connectivity index (χ0) is 22.4. The van der Waals surface area contributed by atoms with E-state index in [0.29, 0.717) is 18.9 Å². The third kappa shape index (κ3) is 6.64. The number of rotatable bonds is 7. The number of hydrogen-bond donors (Lipinski definition) is 1. The van der Waals surface area contributed by atoms with Crippen LogP contribution >= 0.6 is 34.8 Å². The van der Waals surface area contributed by atoms with Crippen molar-refractivity contribution in [1.82, 2.24) is 0 Å². The minimum absolute atomic E-state index is 0.186. The summed E-state index contributed by atoms with van der Waals surface area (Å²) in [5, 5.41) is 3.43. The summed E-state index contributed by atoms with van der Waals surface area (Å²) in [4.78, 5) is 26.6. The highest BCUT2D eigenvalue weighted by Crippen LogP contribution is 2.33. The molecule has 1 amide bonds. The monoisotopic (exact) mass is 486 g/mol. The molecule has 2 aromatic carbocycles. The van der Waals surface area contributed by atoms with Gasteiger partial charge in [-0.15, -0.1) is 0 Å². The second kappa shape index (κ2) is 10.9. The number of morpholine rings is 1. The number of nitrogens with zero attached hydrogens (tertiary/aromatic N) is 1. The van der Waals surface area contributed by atoms with Gasteiger partial charge in [0, 0.05) is 30.5 Å². The summed E-state index contributed by atoms with van der Waals surface area (Å²) in [6.45, 7) is 4.08. The molecule has 0 saturated carbocycles. The van der Waals surface area contributed by atoms with Crippen molar-refractivity contribution < 1.29 is 23.8 Å². The number of halogens is 3. The number of nitrogens with one attached hydrogen (secondary N) is 1. The van der Waals surface area contributed by atoms with Gasteiger partial charge in [-0.3, -0.25) is 4.79 Å². The molecule has 1 N–H and O–H groups in total. The Bertz CT molecular complexity index is 933. The van der Waals surface area contributed by atoms with Crippen molar-refractivity contribution in [2.45, 2.75) is 13.0 Å². The standard InChI is InChI=1S/C21H21Cl3N2O5/c1-13(31-20(27)12-30-19-11-17(23)16(22)10-18(19)24)21(28)25-14-2-4-15(5-3-14)26-6-8-29-9-7-26/h2-5,10-11,13H,6-9,12H2,1H3,(H,25,28). The second-order valence-electron chi connectivity index (χ2n) is 6.75. The normalized spacial score (nSPS) is 14.6. The summed E-state index contributed by atoms with van der Waals surface area (Å²) in [5.41, 5.74) is 1.66. The fourth-order valence-corrected chi connectivity index (χ4v) is 3.45. The van der Waals surface area contributed by atoms with Crippen LogP contribution < -0.4 is 15.0 Å². The van der Waals surface area contributed by atoms with Crippen molar-refractivity contribution in [2.24, 2.45) is 0 Å². The van der Waals surface area contributed by atoms with Crippen molar-refractivity contribution in [3.05, 3.63) is 51.5 Å². The van der Waals surface area contributed by atoms with E-state index in [4.69, 9.17) is 49.0 Å². The smallest absolute Gasteiger partial charge is 0.344 e. The average Bonchev–Trinajstić information content (AvgIpc) is 2.76. The van der Waals surface area contributed by atoms with E-state index in [0.717, 1.165) is 18.8 Å². The van der Waals surface area contributed by atoms with E-state index < -0.39 is 24.6 Å². The van der Waals surface area contributed by atoms with Crippen LogP contribution in [0.5, 0.6) is 5.75 Å². The first-order valence-electron chi connectivity index (χ1n) is 9.54. The van der Waals surface area contributed by atoms with Gasteiger partial charge >= 0.3 is 5.97 Å². The first-order chi connectivity index (χ1) is 14.8. The third-order valence-corrected chi connectivity index (χ3v) is 5.53.